The molecule has 1 atom stereocenters. The molecule has 92 valence electrons. The predicted molar refractivity (Wildman–Crippen MR) is 68.2 cm³/mol. The van der Waals surface area contributed by atoms with E-state index in [-0.39, 0.29) is 17.4 Å². The van der Waals surface area contributed by atoms with Crippen LogP contribution >= 0.6 is 0 Å². The number of aromatic nitrogens is 1. The molecule has 1 aromatic heterocycles. The van der Waals surface area contributed by atoms with Crippen molar-refractivity contribution in [1.29, 1.82) is 0 Å². The third-order valence-electron chi connectivity index (χ3n) is 3.55. The Morgan fingerprint density at radius 3 is 2.67 bits per heavy atom. The second kappa shape index (κ2) is 4.41. The Morgan fingerprint density at radius 1 is 1.11 bits per heavy atom. The maximum absolute atomic E-state index is 13.0. The summed E-state index contributed by atoms with van der Waals surface area (Å²) in [4.78, 5) is 12.0. The summed E-state index contributed by atoms with van der Waals surface area (Å²) in [5.74, 6) is -0.241. The molecule has 0 aliphatic carbocycles. The molecule has 3 rings (SSSR count). The Morgan fingerprint density at radius 2 is 1.89 bits per heavy atom. The maximum atomic E-state index is 13.0. The van der Waals surface area contributed by atoms with Gasteiger partial charge in [-0.3, -0.25) is 4.79 Å². The standard InChI is InChI=1S/C15H14FNO/c16-12-9-7-11(8-10-12)14-5-1-3-13-4-2-6-15(18)17(13)14/h2,4,6-10,14H,1,3,5H2. The van der Waals surface area contributed by atoms with E-state index in [2.05, 4.69) is 0 Å². The van der Waals surface area contributed by atoms with Crippen molar-refractivity contribution < 1.29 is 4.39 Å². The molecule has 0 amide bonds. The molecule has 1 aliphatic heterocycles. The molecule has 2 nitrogen and oxygen atoms in total. The zero-order valence-electron chi connectivity index (χ0n) is 9.97. The maximum Gasteiger partial charge on any atom is 0.251 e. The molecule has 1 unspecified atom stereocenters. The van der Waals surface area contributed by atoms with E-state index in [1.165, 1.54) is 12.1 Å². The number of halogens is 1. The van der Waals surface area contributed by atoms with E-state index in [1.54, 1.807) is 24.3 Å². The first-order valence-corrected chi connectivity index (χ1v) is 6.21. The van der Waals surface area contributed by atoms with Crippen molar-refractivity contribution >= 4 is 0 Å². The predicted octanol–water partition coefficient (Wildman–Crippen LogP) is 2.91. The normalized spacial score (nSPS) is 18.4. The lowest BCUT2D eigenvalue weighted by molar-refractivity contribution is 0.441. The highest BCUT2D eigenvalue weighted by Gasteiger charge is 2.21. The van der Waals surface area contributed by atoms with Crippen molar-refractivity contribution in [3.05, 3.63) is 69.9 Å². The van der Waals surface area contributed by atoms with E-state index in [9.17, 15) is 9.18 Å². The van der Waals surface area contributed by atoms with Crippen LogP contribution in [0.15, 0.2) is 47.3 Å². The van der Waals surface area contributed by atoms with Gasteiger partial charge in [0.15, 0.2) is 0 Å². The van der Waals surface area contributed by atoms with E-state index < -0.39 is 0 Å². The van der Waals surface area contributed by atoms with Crippen LogP contribution < -0.4 is 5.56 Å². The molecule has 0 saturated carbocycles. The largest absolute Gasteiger partial charge is 0.305 e. The molecule has 0 radical (unpaired) electrons. The molecule has 0 spiro atoms. The Labute approximate surface area is 105 Å². The van der Waals surface area contributed by atoms with Crippen molar-refractivity contribution in [3.63, 3.8) is 0 Å². The SMILES string of the molecule is O=c1cccc2n1C(c1ccc(F)cc1)CCC2. The monoisotopic (exact) mass is 243 g/mol. The molecule has 3 heteroatoms. The first-order valence-electron chi connectivity index (χ1n) is 6.21. The summed E-state index contributed by atoms with van der Waals surface area (Å²) in [6.45, 7) is 0. The zero-order chi connectivity index (χ0) is 12.5. The van der Waals surface area contributed by atoms with Gasteiger partial charge in [-0.1, -0.05) is 18.2 Å². The smallest absolute Gasteiger partial charge is 0.251 e. The van der Waals surface area contributed by atoms with E-state index >= 15 is 0 Å². The van der Waals surface area contributed by atoms with Gasteiger partial charge in [-0.25, -0.2) is 4.39 Å². The third kappa shape index (κ3) is 1.86. The van der Waals surface area contributed by atoms with Gasteiger partial charge >= 0.3 is 0 Å². The van der Waals surface area contributed by atoms with Gasteiger partial charge in [0.2, 0.25) is 0 Å². The minimum atomic E-state index is -0.241. The van der Waals surface area contributed by atoms with Crippen molar-refractivity contribution in [3.8, 4) is 0 Å². The van der Waals surface area contributed by atoms with Gasteiger partial charge in [0.05, 0.1) is 6.04 Å². The Hall–Kier alpha value is -1.90. The summed E-state index contributed by atoms with van der Waals surface area (Å²) in [7, 11) is 0. The molecular formula is C15H14FNO. The van der Waals surface area contributed by atoms with Crippen LogP contribution in [0.1, 0.15) is 30.1 Å². The number of benzene rings is 1. The Bertz CT molecular complexity index is 615. The molecule has 1 aliphatic rings. The molecule has 0 fully saturated rings. The van der Waals surface area contributed by atoms with Crippen molar-refractivity contribution in [2.45, 2.75) is 25.3 Å². The van der Waals surface area contributed by atoms with Crippen LogP contribution in [0.3, 0.4) is 0 Å². The fourth-order valence-corrected chi connectivity index (χ4v) is 2.71. The molecular weight excluding hydrogens is 229 g/mol. The fraction of sp³-hybridized carbons (Fsp3) is 0.267. The highest BCUT2D eigenvalue weighted by atomic mass is 19.1. The topological polar surface area (TPSA) is 22.0 Å². The number of fused-ring (bicyclic) bond motifs is 1. The van der Waals surface area contributed by atoms with Gasteiger partial charge in [-0.2, -0.15) is 0 Å². The van der Waals surface area contributed by atoms with Gasteiger partial charge in [0, 0.05) is 11.8 Å². The first kappa shape index (κ1) is 11.2. The summed E-state index contributed by atoms with van der Waals surface area (Å²) in [6.07, 6.45) is 2.93. The molecule has 0 saturated heterocycles. The van der Waals surface area contributed by atoms with Crippen LogP contribution in [-0.2, 0) is 6.42 Å². The number of hydrogen-bond acceptors (Lipinski definition) is 1. The van der Waals surface area contributed by atoms with E-state index in [0.717, 1.165) is 30.5 Å². The quantitative estimate of drug-likeness (QED) is 0.754. The lowest BCUT2D eigenvalue weighted by Gasteiger charge is -2.28. The van der Waals surface area contributed by atoms with Gasteiger partial charge in [-0.05, 0) is 43.0 Å². The molecule has 0 bridgehead atoms. The highest BCUT2D eigenvalue weighted by molar-refractivity contribution is 5.24. The lowest BCUT2D eigenvalue weighted by atomic mass is 9.95. The van der Waals surface area contributed by atoms with Crippen LogP contribution in [0.5, 0.6) is 0 Å². The molecule has 0 N–H and O–H groups in total. The molecule has 2 aromatic rings. The van der Waals surface area contributed by atoms with Crippen LogP contribution in [0, 0.1) is 5.82 Å². The minimum absolute atomic E-state index is 0.0292. The van der Waals surface area contributed by atoms with Gasteiger partial charge in [0.1, 0.15) is 5.82 Å². The number of pyridine rings is 1. The van der Waals surface area contributed by atoms with E-state index in [0.29, 0.717) is 0 Å². The Balaban J connectivity index is 2.11. The average Bonchev–Trinajstić information content (AvgIpc) is 2.39. The van der Waals surface area contributed by atoms with Crippen LogP contribution in [0.2, 0.25) is 0 Å². The molecule has 18 heavy (non-hydrogen) atoms. The van der Waals surface area contributed by atoms with E-state index in [4.69, 9.17) is 0 Å². The number of aryl methyl sites for hydroxylation is 1. The summed E-state index contributed by atoms with van der Waals surface area (Å²) < 4.78 is 14.8. The third-order valence-corrected chi connectivity index (χ3v) is 3.55. The van der Waals surface area contributed by atoms with Crippen LogP contribution in [0.25, 0.3) is 0 Å². The number of nitrogens with zero attached hydrogens (tertiary/aromatic N) is 1. The second-order valence-electron chi connectivity index (χ2n) is 4.68. The molecule has 1 aromatic carbocycles. The van der Waals surface area contributed by atoms with Crippen molar-refractivity contribution in [1.82, 2.24) is 4.57 Å². The Kier molecular flexibility index (Phi) is 2.74. The number of hydrogen-bond donors (Lipinski definition) is 0. The number of rotatable bonds is 1. The summed E-state index contributed by atoms with van der Waals surface area (Å²) in [5.41, 5.74) is 2.11. The van der Waals surface area contributed by atoms with E-state index in [1.807, 2.05) is 10.6 Å². The minimum Gasteiger partial charge on any atom is -0.305 e. The average molecular weight is 243 g/mol. The van der Waals surface area contributed by atoms with Crippen LogP contribution in [-0.4, -0.2) is 4.57 Å². The van der Waals surface area contributed by atoms with Gasteiger partial charge in [0.25, 0.3) is 5.56 Å². The van der Waals surface area contributed by atoms with Gasteiger partial charge in [-0.15, -0.1) is 0 Å². The summed E-state index contributed by atoms with van der Waals surface area (Å²) in [5, 5.41) is 0. The lowest BCUT2D eigenvalue weighted by Crippen LogP contribution is -2.30. The summed E-state index contributed by atoms with van der Waals surface area (Å²) in [6, 6.07) is 11.9. The van der Waals surface area contributed by atoms with Crippen LogP contribution in [0.4, 0.5) is 4.39 Å². The zero-order valence-corrected chi connectivity index (χ0v) is 9.97. The highest BCUT2D eigenvalue weighted by Crippen LogP contribution is 2.28. The molecule has 2 heterocycles. The van der Waals surface area contributed by atoms with Crippen molar-refractivity contribution in [2.75, 3.05) is 0 Å². The van der Waals surface area contributed by atoms with Gasteiger partial charge < -0.3 is 4.57 Å². The van der Waals surface area contributed by atoms with Crippen molar-refractivity contribution in [2.24, 2.45) is 0 Å². The first-order chi connectivity index (χ1) is 8.75. The summed E-state index contributed by atoms with van der Waals surface area (Å²) >= 11 is 0. The second-order valence-corrected chi connectivity index (χ2v) is 4.68. The fourth-order valence-electron chi connectivity index (χ4n) is 2.71.